The Balaban J connectivity index is 1.47. The van der Waals surface area contributed by atoms with Crippen LogP contribution in [0.2, 0.25) is 0 Å². The lowest BCUT2D eigenvalue weighted by Crippen LogP contribution is -2.45. The van der Waals surface area contributed by atoms with E-state index in [1.807, 2.05) is 12.1 Å². The average Bonchev–Trinajstić information content (AvgIpc) is 3.42. The Labute approximate surface area is 219 Å². The van der Waals surface area contributed by atoms with Gasteiger partial charge in [0.25, 0.3) is 0 Å². The van der Waals surface area contributed by atoms with Gasteiger partial charge in [0.15, 0.2) is 15.0 Å². The molecule has 13 heteroatoms. The molecule has 1 fully saturated rings. The molecule has 196 valence electrons. The minimum atomic E-state index is -3.25. The zero-order chi connectivity index (χ0) is 26.3. The summed E-state index contributed by atoms with van der Waals surface area (Å²) in [7, 11) is -1.15. The lowest BCUT2D eigenvalue weighted by Gasteiger charge is -2.34. The number of thiazole rings is 1. The summed E-state index contributed by atoms with van der Waals surface area (Å²) >= 11 is 1.06. The minimum absolute atomic E-state index is 0.183. The van der Waals surface area contributed by atoms with Crippen molar-refractivity contribution in [1.29, 1.82) is 0 Å². The topological polar surface area (TPSA) is 132 Å². The molecule has 1 aromatic carbocycles. The maximum absolute atomic E-state index is 11.8. The normalized spacial score (nSPS) is 16.2. The van der Waals surface area contributed by atoms with Crippen LogP contribution in [0.15, 0.2) is 29.2 Å². The van der Waals surface area contributed by atoms with Gasteiger partial charge in [0, 0.05) is 51.1 Å². The predicted octanol–water partition coefficient (Wildman–Crippen LogP) is 2.40. The van der Waals surface area contributed by atoms with Crippen LogP contribution in [0.5, 0.6) is 0 Å². The van der Waals surface area contributed by atoms with E-state index in [9.17, 15) is 18.3 Å². The maximum atomic E-state index is 11.8. The predicted molar refractivity (Wildman–Crippen MR) is 143 cm³/mol. The molecule has 0 saturated carbocycles. The summed E-state index contributed by atoms with van der Waals surface area (Å²) in [5.41, 5.74) is 2.51. The number of aryl methyl sites for hydroxylation is 1. The van der Waals surface area contributed by atoms with E-state index in [1.165, 1.54) is 6.26 Å². The number of carboxylic acids is 1. The van der Waals surface area contributed by atoms with Gasteiger partial charge in [-0.2, -0.15) is 9.97 Å². The van der Waals surface area contributed by atoms with E-state index in [4.69, 9.17) is 9.97 Å². The summed E-state index contributed by atoms with van der Waals surface area (Å²) in [4.78, 5) is 32.7. The van der Waals surface area contributed by atoms with Gasteiger partial charge in [0.2, 0.25) is 5.95 Å². The first-order chi connectivity index (χ1) is 17.6. The van der Waals surface area contributed by atoms with Gasteiger partial charge >= 0.3 is 5.97 Å². The number of nitrogens with zero attached hydrogens (tertiary/aromatic N) is 6. The Morgan fingerprint density at radius 3 is 2.35 bits per heavy atom. The monoisotopic (exact) mass is 543 g/mol. The molecule has 0 atom stereocenters. The first kappa shape index (κ1) is 25.4. The van der Waals surface area contributed by atoms with Crippen molar-refractivity contribution in [2.75, 3.05) is 61.1 Å². The fourth-order valence-corrected chi connectivity index (χ4v) is 6.02. The first-order valence-corrected chi connectivity index (χ1v) is 14.7. The minimum Gasteiger partial charge on any atom is -0.477 e. The second-order valence-corrected chi connectivity index (χ2v) is 12.4. The molecule has 0 aliphatic carbocycles. The zero-order valence-electron chi connectivity index (χ0n) is 20.9. The Kier molecular flexibility index (Phi) is 6.77. The van der Waals surface area contributed by atoms with Gasteiger partial charge in [-0.3, -0.25) is 5.32 Å². The number of likely N-dealkylation sites (N-methyl/N-ethyl adjacent to an activating group) is 1. The zero-order valence-corrected chi connectivity index (χ0v) is 22.6. The fraction of sp³-hybridized carbons (Fsp3) is 0.417. The third-order valence-corrected chi connectivity index (χ3v) is 8.82. The molecule has 0 spiro atoms. The Morgan fingerprint density at radius 2 is 1.73 bits per heavy atom. The fourth-order valence-electron chi connectivity index (χ4n) is 4.59. The number of anilines is 4. The molecule has 1 saturated heterocycles. The Bertz CT molecular complexity index is 1430. The first-order valence-electron chi connectivity index (χ1n) is 11.9. The van der Waals surface area contributed by atoms with Crippen LogP contribution in [0.1, 0.15) is 26.5 Å². The molecule has 0 bridgehead atoms. The van der Waals surface area contributed by atoms with E-state index >= 15 is 0 Å². The lowest BCUT2D eigenvalue weighted by atomic mass is 10.2. The summed E-state index contributed by atoms with van der Waals surface area (Å²) < 4.78 is 23.7. The van der Waals surface area contributed by atoms with Crippen molar-refractivity contribution in [3.8, 4) is 0 Å². The van der Waals surface area contributed by atoms with E-state index in [1.54, 1.807) is 19.1 Å². The molecule has 3 aromatic rings. The molecule has 2 aromatic heterocycles. The molecule has 2 aliphatic rings. The number of carboxylic acid groups (broad SMARTS) is 1. The van der Waals surface area contributed by atoms with Gasteiger partial charge in [-0.1, -0.05) is 23.5 Å². The van der Waals surface area contributed by atoms with Gasteiger partial charge in [-0.05, 0) is 38.1 Å². The van der Waals surface area contributed by atoms with Crippen LogP contribution < -0.4 is 15.1 Å². The molecule has 0 radical (unpaired) electrons. The highest BCUT2D eigenvalue weighted by atomic mass is 32.2. The van der Waals surface area contributed by atoms with Crippen molar-refractivity contribution < 1.29 is 18.3 Å². The van der Waals surface area contributed by atoms with E-state index in [-0.39, 0.29) is 4.88 Å². The van der Waals surface area contributed by atoms with Crippen LogP contribution in [0.3, 0.4) is 0 Å². The number of hydrogen-bond acceptors (Lipinski definition) is 11. The number of fused-ring (bicyclic) bond motifs is 1. The number of sulfone groups is 1. The highest BCUT2D eigenvalue weighted by Crippen LogP contribution is 2.36. The number of piperazine rings is 1. The molecular weight excluding hydrogens is 514 g/mol. The van der Waals surface area contributed by atoms with Crippen LogP contribution in [-0.4, -0.2) is 85.4 Å². The third-order valence-electron chi connectivity index (χ3n) is 6.63. The number of carbonyl (C=O) groups is 1. The van der Waals surface area contributed by atoms with Gasteiger partial charge in [0.05, 0.1) is 10.6 Å². The molecule has 37 heavy (non-hydrogen) atoms. The number of rotatable bonds is 7. The summed E-state index contributed by atoms with van der Waals surface area (Å²) in [6.07, 6.45) is 2.01. The third kappa shape index (κ3) is 5.38. The Morgan fingerprint density at radius 1 is 1.05 bits per heavy atom. The number of hydrogen-bond donors (Lipinski definition) is 2. The van der Waals surface area contributed by atoms with E-state index in [2.05, 4.69) is 32.0 Å². The van der Waals surface area contributed by atoms with Crippen molar-refractivity contribution in [1.82, 2.24) is 19.9 Å². The number of aromatic carboxylic acids is 1. The summed E-state index contributed by atoms with van der Waals surface area (Å²) in [6, 6.07) is 6.94. The van der Waals surface area contributed by atoms with Crippen LogP contribution in [0.25, 0.3) is 0 Å². The molecule has 2 aliphatic heterocycles. The average molecular weight is 544 g/mol. The van der Waals surface area contributed by atoms with Gasteiger partial charge in [-0.25, -0.2) is 18.2 Å². The van der Waals surface area contributed by atoms with Crippen molar-refractivity contribution in [2.45, 2.75) is 24.8 Å². The molecule has 4 heterocycles. The number of aromatic nitrogens is 3. The number of benzene rings is 1. The molecule has 11 nitrogen and oxygen atoms in total. The van der Waals surface area contributed by atoms with Crippen LogP contribution >= 0.6 is 11.3 Å². The Hall–Kier alpha value is -3.29. The van der Waals surface area contributed by atoms with Crippen LogP contribution in [0, 0.1) is 6.92 Å². The van der Waals surface area contributed by atoms with E-state index < -0.39 is 15.8 Å². The van der Waals surface area contributed by atoms with Crippen molar-refractivity contribution >= 4 is 49.9 Å². The van der Waals surface area contributed by atoms with Crippen molar-refractivity contribution in [3.63, 3.8) is 0 Å². The van der Waals surface area contributed by atoms with Gasteiger partial charge in [-0.15, -0.1) is 0 Å². The summed E-state index contributed by atoms with van der Waals surface area (Å²) in [5, 5.41) is 13.0. The van der Waals surface area contributed by atoms with Crippen LogP contribution in [-0.2, 0) is 22.8 Å². The SMILES string of the molecule is Cc1nc(Nc2nc(N3CCN(C)CC3)c3c(n2)N(Cc2ccc(S(C)(=O)=O)cc2)CC3)sc1C(=O)O. The second kappa shape index (κ2) is 9.88. The van der Waals surface area contributed by atoms with E-state index in [0.717, 1.165) is 73.2 Å². The molecule has 5 rings (SSSR count). The lowest BCUT2D eigenvalue weighted by molar-refractivity contribution is 0.0701. The molecular formula is C24H29N7O4S2. The molecule has 0 unspecified atom stereocenters. The standard InChI is InChI=1S/C24H29N7O4S2/c1-15-19(22(32)33)36-24(25-15)28-23-26-20(30-12-10-29(2)11-13-30)18-8-9-31(21(18)27-23)14-16-4-6-17(7-5-16)37(3,34)35/h4-7H,8-14H2,1-3H3,(H,32,33)(H,25,26,27,28). The molecule has 0 amide bonds. The summed E-state index contributed by atoms with van der Waals surface area (Å²) in [5.74, 6) is 1.08. The van der Waals surface area contributed by atoms with Gasteiger partial charge < -0.3 is 19.8 Å². The second-order valence-electron chi connectivity index (χ2n) is 9.41. The smallest absolute Gasteiger partial charge is 0.347 e. The van der Waals surface area contributed by atoms with Crippen molar-refractivity contribution in [3.05, 3.63) is 46.0 Å². The van der Waals surface area contributed by atoms with E-state index in [0.29, 0.717) is 28.2 Å². The largest absolute Gasteiger partial charge is 0.477 e. The van der Waals surface area contributed by atoms with Crippen molar-refractivity contribution in [2.24, 2.45) is 0 Å². The highest BCUT2D eigenvalue weighted by Gasteiger charge is 2.30. The summed E-state index contributed by atoms with van der Waals surface area (Å²) in [6.45, 7) is 6.59. The van der Waals surface area contributed by atoms with Gasteiger partial charge in [0.1, 0.15) is 16.5 Å². The maximum Gasteiger partial charge on any atom is 0.347 e. The number of nitrogens with one attached hydrogen (secondary N) is 1. The molecule has 2 N–H and O–H groups in total. The highest BCUT2D eigenvalue weighted by molar-refractivity contribution is 7.90. The van der Waals surface area contributed by atoms with Crippen LogP contribution in [0.4, 0.5) is 22.7 Å². The quantitative estimate of drug-likeness (QED) is 0.455.